The zero-order valence-electron chi connectivity index (χ0n) is 19.8. The summed E-state index contributed by atoms with van der Waals surface area (Å²) in [5, 5.41) is 3.91. The highest BCUT2D eigenvalue weighted by atomic mass is 16.5. The standard InChI is InChI=1S/C25H31N5O3/c1-16(2)17-6-8-18(9-7-17)28-25(31)29(3)19-10-11-30(14-19)24-20-12-22(32-4)23(33-5)13-21(20)26-15-27-24/h6-9,12-13,15-16,19H,10-11,14H2,1-5H3,(H,28,31). The lowest BCUT2D eigenvalue weighted by Crippen LogP contribution is -2.41. The van der Waals surface area contributed by atoms with Crippen molar-refractivity contribution >= 4 is 28.4 Å². The van der Waals surface area contributed by atoms with Gasteiger partial charge in [0.2, 0.25) is 0 Å². The van der Waals surface area contributed by atoms with Gasteiger partial charge >= 0.3 is 6.03 Å². The number of fused-ring (bicyclic) bond motifs is 1. The van der Waals surface area contributed by atoms with Crippen molar-refractivity contribution in [1.82, 2.24) is 14.9 Å². The Hall–Kier alpha value is -3.55. The Labute approximate surface area is 194 Å². The van der Waals surface area contributed by atoms with E-state index in [9.17, 15) is 4.79 Å². The number of benzene rings is 2. The topological polar surface area (TPSA) is 79.8 Å². The van der Waals surface area contributed by atoms with Crippen molar-refractivity contribution in [2.75, 3.05) is 44.6 Å². The third-order valence-electron chi connectivity index (χ3n) is 6.28. The third kappa shape index (κ3) is 4.65. The molecule has 8 nitrogen and oxygen atoms in total. The van der Waals surface area contributed by atoms with Crippen molar-refractivity contribution in [1.29, 1.82) is 0 Å². The maximum Gasteiger partial charge on any atom is 0.321 e. The average molecular weight is 450 g/mol. The molecule has 1 unspecified atom stereocenters. The number of aromatic nitrogens is 2. The number of nitrogens with one attached hydrogen (secondary N) is 1. The number of carbonyl (C=O) groups excluding carboxylic acids is 1. The maximum atomic E-state index is 12.9. The van der Waals surface area contributed by atoms with Crippen LogP contribution in [0.4, 0.5) is 16.3 Å². The van der Waals surface area contributed by atoms with Gasteiger partial charge < -0.3 is 24.6 Å². The first-order valence-electron chi connectivity index (χ1n) is 11.2. The van der Waals surface area contributed by atoms with Crippen molar-refractivity contribution in [3.63, 3.8) is 0 Å². The van der Waals surface area contributed by atoms with E-state index in [-0.39, 0.29) is 12.1 Å². The molecule has 4 rings (SSSR count). The summed E-state index contributed by atoms with van der Waals surface area (Å²) in [5.74, 6) is 2.56. The zero-order chi connectivity index (χ0) is 23.5. The zero-order valence-corrected chi connectivity index (χ0v) is 19.8. The van der Waals surface area contributed by atoms with Gasteiger partial charge in [0.25, 0.3) is 0 Å². The number of hydrogen-bond acceptors (Lipinski definition) is 6. The first kappa shape index (κ1) is 22.6. The summed E-state index contributed by atoms with van der Waals surface area (Å²) in [7, 11) is 5.07. The SMILES string of the molecule is COc1cc2ncnc(N3CCC(N(C)C(=O)Nc4ccc(C(C)C)cc4)C3)c2cc1OC. The molecule has 33 heavy (non-hydrogen) atoms. The van der Waals surface area contributed by atoms with Gasteiger partial charge in [-0.15, -0.1) is 0 Å². The third-order valence-corrected chi connectivity index (χ3v) is 6.28. The minimum Gasteiger partial charge on any atom is -0.493 e. The van der Waals surface area contributed by atoms with Crippen molar-refractivity contribution in [3.05, 3.63) is 48.3 Å². The van der Waals surface area contributed by atoms with Crippen molar-refractivity contribution in [2.45, 2.75) is 32.2 Å². The van der Waals surface area contributed by atoms with Crippen LogP contribution in [0, 0.1) is 0 Å². The van der Waals surface area contributed by atoms with Crippen LogP contribution in [-0.4, -0.2) is 61.3 Å². The van der Waals surface area contributed by atoms with E-state index in [2.05, 4.69) is 46.2 Å². The van der Waals surface area contributed by atoms with Gasteiger partial charge in [-0.05, 0) is 36.1 Å². The Morgan fingerprint density at radius 1 is 1.12 bits per heavy atom. The van der Waals surface area contributed by atoms with Gasteiger partial charge in [-0.2, -0.15) is 0 Å². The maximum absolute atomic E-state index is 12.9. The molecule has 8 heteroatoms. The molecular formula is C25H31N5O3. The number of carbonyl (C=O) groups is 1. The van der Waals surface area contributed by atoms with Crippen molar-refractivity contribution in [2.24, 2.45) is 0 Å². The fraction of sp³-hybridized carbons (Fsp3) is 0.400. The van der Waals surface area contributed by atoms with Gasteiger partial charge in [0, 0.05) is 37.3 Å². The van der Waals surface area contributed by atoms with E-state index >= 15 is 0 Å². The number of rotatable bonds is 6. The Bertz CT molecular complexity index is 1130. The Kier molecular flexibility index (Phi) is 6.53. The van der Waals surface area contributed by atoms with Crippen LogP contribution < -0.4 is 19.7 Å². The first-order chi connectivity index (χ1) is 15.9. The lowest BCUT2D eigenvalue weighted by atomic mass is 10.0. The molecule has 0 radical (unpaired) electrons. The van der Waals surface area contributed by atoms with E-state index in [1.165, 1.54) is 5.56 Å². The predicted octanol–water partition coefficient (Wildman–Crippen LogP) is 4.51. The second kappa shape index (κ2) is 9.52. The van der Waals surface area contributed by atoms with E-state index in [1.54, 1.807) is 25.4 Å². The van der Waals surface area contributed by atoms with Crippen LogP contribution in [0.15, 0.2) is 42.7 Å². The molecule has 0 aliphatic carbocycles. The van der Waals surface area contributed by atoms with E-state index in [4.69, 9.17) is 9.47 Å². The molecule has 1 aliphatic heterocycles. The highest BCUT2D eigenvalue weighted by Crippen LogP contribution is 2.35. The number of ether oxygens (including phenoxy) is 2. The summed E-state index contributed by atoms with van der Waals surface area (Å²) in [4.78, 5) is 25.8. The quantitative estimate of drug-likeness (QED) is 0.596. The summed E-state index contributed by atoms with van der Waals surface area (Å²) in [6.07, 6.45) is 2.42. The van der Waals surface area contributed by atoms with Crippen LogP contribution in [0.1, 0.15) is 31.7 Å². The predicted molar refractivity (Wildman–Crippen MR) is 131 cm³/mol. The van der Waals surface area contributed by atoms with Gasteiger partial charge in [0.05, 0.1) is 25.8 Å². The van der Waals surface area contributed by atoms with Crippen LogP contribution >= 0.6 is 0 Å². The normalized spacial score (nSPS) is 15.7. The molecule has 2 amide bonds. The number of methoxy groups -OCH3 is 2. The van der Waals surface area contributed by atoms with Crippen molar-refractivity contribution in [3.8, 4) is 11.5 Å². The number of urea groups is 1. The minimum absolute atomic E-state index is 0.0742. The van der Waals surface area contributed by atoms with Crippen LogP contribution in [-0.2, 0) is 0 Å². The number of anilines is 2. The molecule has 1 N–H and O–H groups in total. The molecule has 2 aromatic carbocycles. The van der Waals surface area contributed by atoms with Gasteiger partial charge in [-0.1, -0.05) is 26.0 Å². The molecule has 0 bridgehead atoms. The fourth-order valence-corrected chi connectivity index (χ4v) is 4.20. The summed E-state index contributed by atoms with van der Waals surface area (Å²) in [6, 6.07) is 11.8. The average Bonchev–Trinajstić information content (AvgIpc) is 3.32. The molecule has 2 heterocycles. The first-order valence-corrected chi connectivity index (χ1v) is 11.2. The Morgan fingerprint density at radius 3 is 2.48 bits per heavy atom. The van der Waals surface area contributed by atoms with E-state index in [0.717, 1.165) is 35.4 Å². The molecule has 3 aromatic rings. The molecule has 1 aromatic heterocycles. The molecule has 1 saturated heterocycles. The van der Waals surface area contributed by atoms with Crippen LogP contribution in [0.2, 0.25) is 0 Å². The van der Waals surface area contributed by atoms with Gasteiger partial charge in [-0.3, -0.25) is 0 Å². The van der Waals surface area contributed by atoms with Gasteiger partial charge in [0.15, 0.2) is 11.5 Å². The molecule has 0 saturated carbocycles. The fourth-order valence-electron chi connectivity index (χ4n) is 4.20. The molecule has 0 spiro atoms. The number of nitrogens with zero attached hydrogens (tertiary/aromatic N) is 4. The lowest BCUT2D eigenvalue weighted by Gasteiger charge is -2.26. The van der Waals surface area contributed by atoms with Crippen molar-refractivity contribution < 1.29 is 14.3 Å². The molecule has 174 valence electrons. The highest BCUT2D eigenvalue weighted by Gasteiger charge is 2.30. The summed E-state index contributed by atoms with van der Waals surface area (Å²) in [5.41, 5.74) is 2.84. The Balaban J connectivity index is 1.47. The summed E-state index contributed by atoms with van der Waals surface area (Å²) < 4.78 is 10.9. The lowest BCUT2D eigenvalue weighted by molar-refractivity contribution is 0.208. The Morgan fingerprint density at radius 2 is 1.82 bits per heavy atom. The van der Waals surface area contributed by atoms with Crippen LogP contribution in [0.3, 0.4) is 0 Å². The van der Waals surface area contributed by atoms with E-state index in [1.807, 2.05) is 31.3 Å². The largest absolute Gasteiger partial charge is 0.493 e. The molecule has 1 aliphatic rings. The minimum atomic E-state index is -0.113. The van der Waals surface area contributed by atoms with Crippen LogP contribution in [0.25, 0.3) is 10.9 Å². The monoisotopic (exact) mass is 449 g/mol. The number of amides is 2. The molecule has 1 atom stereocenters. The van der Waals surface area contributed by atoms with Gasteiger partial charge in [0.1, 0.15) is 12.1 Å². The van der Waals surface area contributed by atoms with E-state index < -0.39 is 0 Å². The molecule has 1 fully saturated rings. The van der Waals surface area contributed by atoms with Crippen LogP contribution in [0.5, 0.6) is 11.5 Å². The summed E-state index contributed by atoms with van der Waals surface area (Å²) in [6.45, 7) is 5.80. The summed E-state index contributed by atoms with van der Waals surface area (Å²) >= 11 is 0. The van der Waals surface area contributed by atoms with E-state index in [0.29, 0.717) is 24.0 Å². The second-order valence-electron chi connectivity index (χ2n) is 8.63. The molecular weight excluding hydrogens is 418 g/mol. The van der Waals surface area contributed by atoms with Gasteiger partial charge in [-0.25, -0.2) is 14.8 Å². The number of likely N-dealkylation sites (N-methyl/N-ethyl adjacent to an activating group) is 1. The number of hydrogen-bond donors (Lipinski definition) is 1. The second-order valence-corrected chi connectivity index (χ2v) is 8.63. The highest BCUT2D eigenvalue weighted by molar-refractivity contribution is 5.92. The smallest absolute Gasteiger partial charge is 0.321 e.